The van der Waals surface area contributed by atoms with E-state index in [4.69, 9.17) is 23.7 Å². The van der Waals surface area contributed by atoms with Gasteiger partial charge in [0.2, 0.25) is 11.6 Å². The molecule has 1 aliphatic rings. The molecule has 0 unspecified atom stereocenters. The molecular formula is C21H21NO6. The van der Waals surface area contributed by atoms with Crippen molar-refractivity contribution in [3.05, 3.63) is 53.2 Å². The van der Waals surface area contributed by atoms with Crippen molar-refractivity contribution >= 4 is 17.9 Å². The van der Waals surface area contributed by atoms with Crippen LogP contribution in [0.4, 0.5) is 0 Å². The predicted molar refractivity (Wildman–Crippen MR) is 104 cm³/mol. The largest absolute Gasteiger partial charge is 0.497 e. The normalized spacial score (nSPS) is 14.5. The number of rotatable bonds is 7. The number of esters is 1. The first-order valence-electron chi connectivity index (χ1n) is 8.52. The number of methoxy groups -OCH3 is 4. The number of carbonyl (C=O) groups excluding carboxylic acids is 1. The molecule has 0 atom stereocenters. The maximum atomic E-state index is 12.2. The molecule has 0 aromatic heterocycles. The average Bonchev–Trinajstić information content (AvgIpc) is 3.06. The van der Waals surface area contributed by atoms with E-state index in [1.54, 1.807) is 25.3 Å². The first kappa shape index (κ1) is 19.3. The van der Waals surface area contributed by atoms with E-state index in [1.165, 1.54) is 21.3 Å². The van der Waals surface area contributed by atoms with Crippen molar-refractivity contribution in [2.45, 2.75) is 6.42 Å². The average molecular weight is 383 g/mol. The zero-order valence-corrected chi connectivity index (χ0v) is 16.1. The second-order valence-corrected chi connectivity index (χ2v) is 5.91. The van der Waals surface area contributed by atoms with Gasteiger partial charge in [0.05, 0.1) is 28.4 Å². The Morgan fingerprint density at radius 1 is 0.929 bits per heavy atom. The van der Waals surface area contributed by atoms with E-state index in [9.17, 15) is 4.79 Å². The second kappa shape index (κ2) is 8.47. The standard InChI is InChI=1S/C21H21NO6/c1-24-15-7-5-13(6-8-15)12-19-22-16(21(23)28-19)9-14-10-17(25-2)20(27-4)18(11-14)26-3/h5-11H,12H2,1-4H3/b16-9+. The maximum absolute atomic E-state index is 12.2. The van der Waals surface area contributed by atoms with Crippen molar-refractivity contribution in [1.29, 1.82) is 0 Å². The quantitative estimate of drug-likeness (QED) is 0.540. The van der Waals surface area contributed by atoms with E-state index in [0.717, 1.165) is 11.3 Å². The van der Waals surface area contributed by atoms with Crippen LogP contribution in [0.3, 0.4) is 0 Å². The zero-order valence-electron chi connectivity index (χ0n) is 16.1. The molecule has 0 spiro atoms. The molecule has 0 aliphatic carbocycles. The highest BCUT2D eigenvalue weighted by atomic mass is 16.6. The van der Waals surface area contributed by atoms with Gasteiger partial charge in [-0.2, -0.15) is 0 Å². The van der Waals surface area contributed by atoms with Crippen LogP contribution < -0.4 is 18.9 Å². The van der Waals surface area contributed by atoms with Crippen LogP contribution in [-0.4, -0.2) is 40.3 Å². The number of hydrogen-bond donors (Lipinski definition) is 0. The minimum Gasteiger partial charge on any atom is -0.497 e. The van der Waals surface area contributed by atoms with Crippen LogP contribution >= 0.6 is 0 Å². The third kappa shape index (κ3) is 4.09. The fraction of sp³-hybridized carbons (Fsp3) is 0.238. The summed E-state index contributed by atoms with van der Waals surface area (Å²) in [6, 6.07) is 11.0. The van der Waals surface area contributed by atoms with Crippen molar-refractivity contribution in [3.8, 4) is 23.0 Å². The van der Waals surface area contributed by atoms with E-state index >= 15 is 0 Å². The lowest BCUT2D eigenvalue weighted by atomic mass is 10.1. The molecule has 3 rings (SSSR count). The molecule has 146 valence electrons. The van der Waals surface area contributed by atoms with E-state index in [-0.39, 0.29) is 5.70 Å². The molecule has 2 aromatic carbocycles. The highest BCUT2D eigenvalue weighted by Crippen LogP contribution is 2.39. The molecule has 28 heavy (non-hydrogen) atoms. The summed E-state index contributed by atoms with van der Waals surface area (Å²) in [7, 11) is 6.20. The van der Waals surface area contributed by atoms with Gasteiger partial charge in [-0.25, -0.2) is 9.79 Å². The Balaban J connectivity index is 1.86. The number of ether oxygens (including phenoxy) is 5. The van der Waals surface area contributed by atoms with Crippen molar-refractivity contribution in [1.82, 2.24) is 0 Å². The minimum atomic E-state index is -0.503. The number of cyclic esters (lactones) is 1. The Labute approximate surface area is 163 Å². The molecule has 0 radical (unpaired) electrons. The van der Waals surface area contributed by atoms with Crippen LogP contribution in [-0.2, 0) is 16.0 Å². The highest BCUT2D eigenvalue weighted by molar-refractivity contribution is 6.07. The summed E-state index contributed by atoms with van der Waals surface area (Å²) in [5.74, 6) is 2.05. The summed E-state index contributed by atoms with van der Waals surface area (Å²) in [4.78, 5) is 16.5. The molecular weight excluding hydrogens is 362 g/mol. The number of aliphatic imine (C=N–C) groups is 1. The molecule has 1 aliphatic heterocycles. The first-order chi connectivity index (χ1) is 13.6. The Kier molecular flexibility index (Phi) is 5.84. The number of hydrogen-bond acceptors (Lipinski definition) is 7. The summed E-state index contributed by atoms with van der Waals surface area (Å²) in [5, 5.41) is 0. The summed E-state index contributed by atoms with van der Waals surface area (Å²) >= 11 is 0. The Morgan fingerprint density at radius 2 is 1.57 bits per heavy atom. The second-order valence-electron chi connectivity index (χ2n) is 5.91. The lowest BCUT2D eigenvalue weighted by Gasteiger charge is -2.12. The third-order valence-corrected chi connectivity index (χ3v) is 4.17. The lowest BCUT2D eigenvalue weighted by Crippen LogP contribution is -2.06. The van der Waals surface area contributed by atoms with Gasteiger partial charge < -0.3 is 23.7 Å². The monoisotopic (exact) mass is 383 g/mol. The summed E-state index contributed by atoms with van der Waals surface area (Å²) in [5.41, 5.74) is 1.84. The van der Waals surface area contributed by atoms with Gasteiger partial charge in [0.25, 0.3) is 0 Å². The van der Waals surface area contributed by atoms with Gasteiger partial charge in [0, 0.05) is 6.42 Å². The molecule has 7 nitrogen and oxygen atoms in total. The maximum Gasteiger partial charge on any atom is 0.363 e. The van der Waals surface area contributed by atoms with Crippen LogP contribution in [0, 0.1) is 0 Å². The van der Waals surface area contributed by atoms with Gasteiger partial charge in [-0.1, -0.05) is 12.1 Å². The van der Waals surface area contributed by atoms with Crippen molar-refractivity contribution in [3.63, 3.8) is 0 Å². The Morgan fingerprint density at radius 3 is 2.11 bits per heavy atom. The smallest absolute Gasteiger partial charge is 0.363 e. The van der Waals surface area contributed by atoms with Gasteiger partial charge >= 0.3 is 5.97 Å². The molecule has 0 saturated heterocycles. The first-order valence-corrected chi connectivity index (χ1v) is 8.52. The van der Waals surface area contributed by atoms with Gasteiger partial charge in [-0.05, 0) is 41.5 Å². The van der Waals surface area contributed by atoms with E-state index < -0.39 is 5.97 Å². The minimum absolute atomic E-state index is 0.206. The number of nitrogens with zero attached hydrogens (tertiary/aromatic N) is 1. The van der Waals surface area contributed by atoms with E-state index in [0.29, 0.717) is 35.1 Å². The van der Waals surface area contributed by atoms with Gasteiger partial charge in [0.15, 0.2) is 17.2 Å². The Hall–Kier alpha value is -3.48. The molecule has 2 aromatic rings. The van der Waals surface area contributed by atoms with Crippen molar-refractivity contribution < 1.29 is 28.5 Å². The molecule has 0 bridgehead atoms. The zero-order chi connectivity index (χ0) is 20.1. The fourth-order valence-electron chi connectivity index (χ4n) is 2.79. The third-order valence-electron chi connectivity index (χ3n) is 4.17. The van der Waals surface area contributed by atoms with Crippen LogP contribution in [0.2, 0.25) is 0 Å². The van der Waals surface area contributed by atoms with E-state index in [2.05, 4.69) is 4.99 Å². The summed E-state index contributed by atoms with van der Waals surface area (Å²) in [6.07, 6.45) is 2.02. The van der Waals surface area contributed by atoms with Crippen molar-refractivity contribution in [2.24, 2.45) is 4.99 Å². The molecule has 7 heteroatoms. The SMILES string of the molecule is COc1ccc(CC2=N/C(=C/c3cc(OC)c(OC)c(OC)c3)C(=O)O2)cc1. The number of carbonyl (C=O) groups is 1. The summed E-state index contributed by atoms with van der Waals surface area (Å²) in [6.45, 7) is 0. The van der Waals surface area contributed by atoms with Crippen LogP contribution in [0.5, 0.6) is 23.0 Å². The van der Waals surface area contributed by atoms with Crippen molar-refractivity contribution in [2.75, 3.05) is 28.4 Å². The topological polar surface area (TPSA) is 75.6 Å². The van der Waals surface area contributed by atoms with E-state index in [1.807, 2.05) is 24.3 Å². The molecule has 0 amide bonds. The van der Waals surface area contributed by atoms with Gasteiger partial charge in [-0.3, -0.25) is 0 Å². The van der Waals surface area contributed by atoms with Crippen LogP contribution in [0.25, 0.3) is 6.08 Å². The lowest BCUT2D eigenvalue weighted by molar-refractivity contribution is -0.130. The van der Waals surface area contributed by atoms with Crippen LogP contribution in [0.15, 0.2) is 47.1 Å². The fourth-order valence-corrected chi connectivity index (χ4v) is 2.79. The molecule has 0 saturated carbocycles. The molecule has 0 N–H and O–H groups in total. The van der Waals surface area contributed by atoms with Gasteiger partial charge in [-0.15, -0.1) is 0 Å². The Bertz CT molecular complexity index is 905. The molecule has 0 fully saturated rings. The summed E-state index contributed by atoms with van der Waals surface area (Å²) < 4.78 is 26.4. The predicted octanol–water partition coefficient (Wildman–Crippen LogP) is 3.26. The van der Waals surface area contributed by atoms with Gasteiger partial charge in [0.1, 0.15) is 5.75 Å². The number of benzene rings is 2. The molecule has 1 heterocycles. The highest BCUT2D eigenvalue weighted by Gasteiger charge is 2.23. The van der Waals surface area contributed by atoms with Crippen LogP contribution in [0.1, 0.15) is 11.1 Å².